The second-order valence-corrected chi connectivity index (χ2v) is 6.32. The van der Waals surface area contributed by atoms with E-state index in [0.29, 0.717) is 13.1 Å². The lowest BCUT2D eigenvalue weighted by Gasteiger charge is -2.20. The lowest BCUT2D eigenvalue weighted by atomic mass is 10.3. The summed E-state index contributed by atoms with van der Waals surface area (Å²) in [5, 5.41) is 13.8. The third kappa shape index (κ3) is 3.29. The number of aliphatic hydroxyl groups excluding tert-OH is 1. The Kier molecular flexibility index (Phi) is 4.28. The molecular weight excluding hydrogens is 308 g/mol. The van der Waals surface area contributed by atoms with Crippen LogP contribution in [0.15, 0.2) is 29.4 Å². The van der Waals surface area contributed by atoms with E-state index in [0.717, 1.165) is 15.7 Å². The quantitative estimate of drug-likeness (QED) is 0.745. The summed E-state index contributed by atoms with van der Waals surface area (Å²) in [5.74, 6) is -0.0509. The molecule has 0 aliphatic carbocycles. The van der Waals surface area contributed by atoms with E-state index in [2.05, 4.69) is 9.97 Å². The van der Waals surface area contributed by atoms with Crippen LogP contribution in [0.4, 0.5) is 0 Å². The molecule has 1 amide bonds. The SMILES string of the molecule is O=C(Cc1cn2ccsc2n1)N(CCO)Cc1nccs1. The van der Waals surface area contributed by atoms with E-state index in [-0.39, 0.29) is 18.9 Å². The van der Waals surface area contributed by atoms with Gasteiger partial charge in [-0.25, -0.2) is 9.97 Å². The minimum Gasteiger partial charge on any atom is -0.395 e. The van der Waals surface area contributed by atoms with Crippen molar-refractivity contribution in [3.63, 3.8) is 0 Å². The monoisotopic (exact) mass is 322 g/mol. The second-order valence-electron chi connectivity index (χ2n) is 4.47. The molecule has 0 spiro atoms. The number of amides is 1. The van der Waals surface area contributed by atoms with Crippen molar-refractivity contribution in [3.05, 3.63) is 40.1 Å². The van der Waals surface area contributed by atoms with Crippen molar-refractivity contribution in [2.75, 3.05) is 13.2 Å². The van der Waals surface area contributed by atoms with Crippen molar-refractivity contribution < 1.29 is 9.90 Å². The van der Waals surface area contributed by atoms with Gasteiger partial charge in [0.15, 0.2) is 4.96 Å². The number of carbonyl (C=O) groups is 1. The van der Waals surface area contributed by atoms with E-state index in [1.807, 2.05) is 27.6 Å². The van der Waals surface area contributed by atoms with Gasteiger partial charge >= 0.3 is 0 Å². The molecule has 110 valence electrons. The molecule has 3 heterocycles. The lowest BCUT2D eigenvalue weighted by Crippen LogP contribution is -2.34. The average Bonchev–Trinajstić information content (AvgIpc) is 3.14. The number of aromatic nitrogens is 3. The summed E-state index contributed by atoms with van der Waals surface area (Å²) in [6, 6.07) is 0. The molecule has 1 N–H and O–H groups in total. The first-order valence-electron chi connectivity index (χ1n) is 6.44. The molecule has 0 aromatic carbocycles. The molecule has 0 radical (unpaired) electrons. The highest BCUT2D eigenvalue weighted by atomic mass is 32.1. The van der Waals surface area contributed by atoms with E-state index in [9.17, 15) is 4.79 Å². The van der Waals surface area contributed by atoms with Gasteiger partial charge in [-0.05, 0) is 0 Å². The van der Waals surface area contributed by atoms with Gasteiger partial charge in [0.2, 0.25) is 5.91 Å². The molecular formula is C13H14N4O2S2. The van der Waals surface area contributed by atoms with Gasteiger partial charge < -0.3 is 10.0 Å². The largest absolute Gasteiger partial charge is 0.395 e. The normalized spacial score (nSPS) is 11.1. The smallest absolute Gasteiger partial charge is 0.229 e. The number of aliphatic hydroxyl groups is 1. The van der Waals surface area contributed by atoms with Crippen LogP contribution in [-0.4, -0.2) is 43.4 Å². The maximum absolute atomic E-state index is 12.4. The van der Waals surface area contributed by atoms with Crippen LogP contribution in [0, 0.1) is 0 Å². The standard InChI is InChI=1S/C13H14N4O2S2/c18-4-2-16(9-11-14-1-5-20-11)12(19)7-10-8-17-3-6-21-13(17)15-10/h1,3,5-6,8,18H,2,4,7,9H2. The van der Waals surface area contributed by atoms with Crippen molar-refractivity contribution in [2.24, 2.45) is 0 Å². The molecule has 6 nitrogen and oxygen atoms in total. The minimum atomic E-state index is -0.0601. The van der Waals surface area contributed by atoms with Gasteiger partial charge in [-0.1, -0.05) is 0 Å². The van der Waals surface area contributed by atoms with E-state index in [1.165, 1.54) is 22.7 Å². The van der Waals surface area contributed by atoms with Gasteiger partial charge in [-0.15, -0.1) is 22.7 Å². The Balaban J connectivity index is 1.69. The van der Waals surface area contributed by atoms with E-state index in [4.69, 9.17) is 5.11 Å². The second kappa shape index (κ2) is 6.33. The van der Waals surface area contributed by atoms with Crippen molar-refractivity contribution in [1.29, 1.82) is 0 Å². The summed E-state index contributed by atoms with van der Waals surface area (Å²) in [5.41, 5.74) is 0.744. The first-order chi connectivity index (χ1) is 10.3. The van der Waals surface area contributed by atoms with Gasteiger partial charge in [-0.3, -0.25) is 9.20 Å². The van der Waals surface area contributed by atoms with Crippen molar-refractivity contribution in [2.45, 2.75) is 13.0 Å². The molecule has 0 atom stereocenters. The van der Waals surface area contributed by atoms with Crippen molar-refractivity contribution >= 4 is 33.5 Å². The minimum absolute atomic E-state index is 0.0509. The fourth-order valence-electron chi connectivity index (χ4n) is 2.03. The zero-order valence-electron chi connectivity index (χ0n) is 11.2. The van der Waals surface area contributed by atoms with Gasteiger partial charge in [0.1, 0.15) is 5.01 Å². The van der Waals surface area contributed by atoms with Crippen LogP contribution in [0.1, 0.15) is 10.7 Å². The number of fused-ring (bicyclic) bond motifs is 1. The van der Waals surface area contributed by atoms with Crippen LogP contribution in [0.25, 0.3) is 4.96 Å². The van der Waals surface area contributed by atoms with Gasteiger partial charge in [0.05, 0.1) is 25.3 Å². The number of thiazole rings is 2. The lowest BCUT2D eigenvalue weighted by molar-refractivity contribution is -0.131. The van der Waals surface area contributed by atoms with Crippen LogP contribution in [-0.2, 0) is 17.8 Å². The third-order valence-corrected chi connectivity index (χ3v) is 4.54. The van der Waals surface area contributed by atoms with Gasteiger partial charge in [0.25, 0.3) is 0 Å². The van der Waals surface area contributed by atoms with Crippen molar-refractivity contribution in [1.82, 2.24) is 19.3 Å². The molecule has 0 bridgehead atoms. The number of hydrogen-bond acceptors (Lipinski definition) is 6. The molecule has 0 aliphatic rings. The molecule has 3 aromatic heterocycles. The molecule has 0 unspecified atom stereocenters. The molecule has 0 aliphatic heterocycles. The molecule has 8 heteroatoms. The topological polar surface area (TPSA) is 70.7 Å². The Labute approximate surface area is 129 Å². The van der Waals surface area contributed by atoms with Crippen LogP contribution >= 0.6 is 22.7 Å². The van der Waals surface area contributed by atoms with Crippen molar-refractivity contribution in [3.8, 4) is 0 Å². The van der Waals surface area contributed by atoms with E-state index < -0.39 is 0 Å². The summed E-state index contributed by atoms with van der Waals surface area (Å²) >= 11 is 3.04. The predicted octanol–water partition coefficient (Wildman–Crippen LogP) is 1.42. The third-order valence-electron chi connectivity index (χ3n) is 3.01. The molecule has 0 fully saturated rings. The summed E-state index contributed by atoms with van der Waals surface area (Å²) in [4.78, 5) is 23.5. The summed E-state index contributed by atoms with van der Waals surface area (Å²) in [6.07, 6.45) is 5.73. The number of carbonyl (C=O) groups excluding carboxylic acids is 1. The number of rotatable bonds is 6. The predicted molar refractivity (Wildman–Crippen MR) is 81.4 cm³/mol. The molecule has 0 saturated carbocycles. The highest BCUT2D eigenvalue weighted by Crippen LogP contribution is 2.14. The highest BCUT2D eigenvalue weighted by molar-refractivity contribution is 7.15. The van der Waals surface area contributed by atoms with Gasteiger partial charge in [0, 0.05) is 35.9 Å². The zero-order chi connectivity index (χ0) is 14.7. The maximum Gasteiger partial charge on any atom is 0.229 e. The number of nitrogens with zero attached hydrogens (tertiary/aromatic N) is 4. The maximum atomic E-state index is 12.4. The Morgan fingerprint density at radius 2 is 2.29 bits per heavy atom. The number of imidazole rings is 1. The Hall–Kier alpha value is -1.77. The first-order valence-corrected chi connectivity index (χ1v) is 8.20. The van der Waals surface area contributed by atoms with Crippen LogP contribution < -0.4 is 0 Å². The summed E-state index contributed by atoms with van der Waals surface area (Å²) in [7, 11) is 0. The van der Waals surface area contributed by atoms with E-state index in [1.54, 1.807) is 11.1 Å². The highest BCUT2D eigenvalue weighted by Gasteiger charge is 2.17. The fourth-order valence-corrected chi connectivity index (χ4v) is 3.38. The summed E-state index contributed by atoms with van der Waals surface area (Å²) < 4.78 is 1.91. The average molecular weight is 322 g/mol. The molecule has 3 aromatic rings. The summed E-state index contributed by atoms with van der Waals surface area (Å²) in [6.45, 7) is 0.676. The zero-order valence-corrected chi connectivity index (χ0v) is 12.8. The van der Waals surface area contributed by atoms with Crippen LogP contribution in [0.2, 0.25) is 0 Å². The Bertz CT molecular complexity index is 691. The van der Waals surface area contributed by atoms with Gasteiger partial charge in [-0.2, -0.15) is 0 Å². The Morgan fingerprint density at radius 1 is 1.38 bits per heavy atom. The Morgan fingerprint density at radius 3 is 3.00 bits per heavy atom. The molecule has 21 heavy (non-hydrogen) atoms. The molecule has 0 saturated heterocycles. The van der Waals surface area contributed by atoms with Crippen LogP contribution in [0.5, 0.6) is 0 Å². The fraction of sp³-hybridized carbons (Fsp3) is 0.308. The van der Waals surface area contributed by atoms with Crippen LogP contribution in [0.3, 0.4) is 0 Å². The first kappa shape index (κ1) is 14.2. The van der Waals surface area contributed by atoms with E-state index >= 15 is 0 Å². The number of hydrogen-bond donors (Lipinski definition) is 1. The molecule has 3 rings (SSSR count).